The van der Waals surface area contributed by atoms with E-state index in [-0.39, 0.29) is 11.8 Å². The minimum atomic E-state index is -0.164. The summed E-state index contributed by atoms with van der Waals surface area (Å²) in [5.74, 6) is -0.231. The number of benzene rings is 2. The highest BCUT2D eigenvalue weighted by Crippen LogP contribution is 2.26. The predicted octanol–water partition coefficient (Wildman–Crippen LogP) is 3.99. The van der Waals surface area contributed by atoms with Gasteiger partial charge in [-0.25, -0.2) is 0 Å². The minimum absolute atomic E-state index is 0.0667. The normalized spacial score (nSPS) is 14.4. The third-order valence-corrected chi connectivity index (χ3v) is 4.83. The van der Waals surface area contributed by atoms with Crippen LogP contribution in [0.25, 0.3) is 12.2 Å². The van der Waals surface area contributed by atoms with Crippen LogP contribution in [-0.4, -0.2) is 16.8 Å². The molecule has 5 heteroatoms. The van der Waals surface area contributed by atoms with Crippen LogP contribution in [0, 0.1) is 0 Å². The smallest absolute Gasteiger partial charge is 0.251 e. The van der Waals surface area contributed by atoms with Gasteiger partial charge in [-0.1, -0.05) is 48.5 Å². The van der Waals surface area contributed by atoms with E-state index in [4.69, 9.17) is 0 Å². The van der Waals surface area contributed by atoms with Crippen molar-refractivity contribution in [3.63, 3.8) is 0 Å². The van der Waals surface area contributed by atoms with E-state index in [0.717, 1.165) is 33.5 Å². The van der Waals surface area contributed by atoms with E-state index in [1.807, 2.05) is 66.7 Å². The number of anilines is 1. The Balaban J connectivity index is 1.37. The van der Waals surface area contributed by atoms with Gasteiger partial charge in [-0.05, 0) is 46.5 Å². The van der Waals surface area contributed by atoms with Crippen LogP contribution in [0.15, 0.2) is 84.7 Å². The quantitative estimate of drug-likeness (QED) is 0.642. The number of amides is 2. The van der Waals surface area contributed by atoms with Gasteiger partial charge in [0.15, 0.2) is 0 Å². The van der Waals surface area contributed by atoms with Crippen LogP contribution in [0.1, 0.15) is 22.3 Å². The Hall–Kier alpha value is -3.99. The summed E-state index contributed by atoms with van der Waals surface area (Å²) < 4.78 is 0. The van der Waals surface area contributed by atoms with E-state index < -0.39 is 0 Å². The van der Waals surface area contributed by atoms with Gasteiger partial charge < -0.3 is 10.6 Å². The van der Waals surface area contributed by atoms with Gasteiger partial charge in [0.05, 0.1) is 0 Å². The molecule has 2 heterocycles. The molecule has 1 aliphatic rings. The molecule has 2 N–H and O–H groups in total. The lowest BCUT2D eigenvalue weighted by Gasteiger charge is -2.19. The number of carbonyl (C=O) groups is 2. The number of nitrogens with one attached hydrogen (secondary N) is 2. The highest BCUT2D eigenvalue weighted by molar-refractivity contribution is 6.09. The SMILES string of the molecule is O=C(/C=C/c1ccc(C=C2Cc3ccccc3NC2=O)cc1)NCc1cccnc1. The van der Waals surface area contributed by atoms with Gasteiger partial charge in [0.25, 0.3) is 5.91 Å². The van der Waals surface area contributed by atoms with Crippen molar-refractivity contribution < 1.29 is 9.59 Å². The molecule has 1 aliphatic heterocycles. The lowest BCUT2D eigenvalue weighted by molar-refractivity contribution is -0.116. The molecule has 30 heavy (non-hydrogen) atoms. The molecular formula is C25H21N3O2. The number of nitrogens with zero attached hydrogens (tertiary/aromatic N) is 1. The molecule has 3 aromatic rings. The number of hydrogen-bond donors (Lipinski definition) is 2. The van der Waals surface area contributed by atoms with E-state index >= 15 is 0 Å². The first-order valence-electron chi connectivity index (χ1n) is 9.72. The van der Waals surface area contributed by atoms with E-state index in [9.17, 15) is 9.59 Å². The van der Waals surface area contributed by atoms with Crippen LogP contribution >= 0.6 is 0 Å². The molecule has 1 aromatic heterocycles. The highest BCUT2D eigenvalue weighted by Gasteiger charge is 2.19. The Morgan fingerprint density at radius 1 is 1.03 bits per heavy atom. The number of pyridine rings is 1. The molecule has 5 nitrogen and oxygen atoms in total. The Morgan fingerprint density at radius 3 is 2.63 bits per heavy atom. The first-order valence-corrected chi connectivity index (χ1v) is 9.72. The monoisotopic (exact) mass is 395 g/mol. The van der Waals surface area contributed by atoms with Crippen LogP contribution in [0.5, 0.6) is 0 Å². The number of hydrogen-bond acceptors (Lipinski definition) is 3. The fraction of sp³-hybridized carbons (Fsp3) is 0.0800. The van der Waals surface area contributed by atoms with Crippen LogP contribution in [-0.2, 0) is 22.6 Å². The van der Waals surface area contributed by atoms with Gasteiger partial charge in [0.2, 0.25) is 5.91 Å². The molecule has 0 bridgehead atoms. The minimum Gasteiger partial charge on any atom is -0.348 e. The van der Waals surface area contributed by atoms with Crippen LogP contribution in [0.2, 0.25) is 0 Å². The molecule has 0 aliphatic carbocycles. The molecular weight excluding hydrogens is 374 g/mol. The molecule has 0 unspecified atom stereocenters. The number of rotatable bonds is 5. The molecule has 2 aromatic carbocycles. The van der Waals surface area contributed by atoms with Crippen molar-refractivity contribution >= 4 is 29.7 Å². The van der Waals surface area contributed by atoms with Crippen molar-refractivity contribution in [2.45, 2.75) is 13.0 Å². The number of carbonyl (C=O) groups excluding carboxylic acids is 2. The summed E-state index contributed by atoms with van der Waals surface area (Å²) >= 11 is 0. The second kappa shape index (κ2) is 9.01. The zero-order valence-electron chi connectivity index (χ0n) is 16.3. The fourth-order valence-corrected chi connectivity index (χ4v) is 3.23. The zero-order valence-corrected chi connectivity index (χ0v) is 16.3. The summed E-state index contributed by atoms with van der Waals surface area (Å²) in [6, 6.07) is 19.3. The zero-order chi connectivity index (χ0) is 20.8. The van der Waals surface area contributed by atoms with Gasteiger partial charge in [0.1, 0.15) is 0 Å². The molecule has 148 valence electrons. The van der Waals surface area contributed by atoms with Gasteiger partial charge in [0, 0.05) is 42.7 Å². The van der Waals surface area contributed by atoms with Gasteiger partial charge >= 0.3 is 0 Å². The maximum absolute atomic E-state index is 12.3. The Kier molecular flexibility index (Phi) is 5.80. The molecule has 0 saturated heterocycles. The first-order chi connectivity index (χ1) is 14.7. The molecule has 0 fully saturated rings. The molecule has 2 amide bonds. The van der Waals surface area contributed by atoms with Crippen LogP contribution in [0.3, 0.4) is 0 Å². The molecule has 0 atom stereocenters. The predicted molar refractivity (Wildman–Crippen MR) is 118 cm³/mol. The third kappa shape index (κ3) is 4.89. The Bertz CT molecular complexity index is 1120. The summed E-state index contributed by atoms with van der Waals surface area (Å²) in [6.45, 7) is 0.439. The summed E-state index contributed by atoms with van der Waals surface area (Å²) in [6.07, 6.45) is 9.21. The number of aromatic nitrogens is 1. The summed E-state index contributed by atoms with van der Waals surface area (Å²) in [7, 11) is 0. The average molecular weight is 395 g/mol. The fourth-order valence-electron chi connectivity index (χ4n) is 3.23. The third-order valence-electron chi connectivity index (χ3n) is 4.83. The van der Waals surface area contributed by atoms with Crippen LogP contribution < -0.4 is 10.6 Å². The topological polar surface area (TPSA) is 71.1 Å². The highest BCUT2D eigenvalue weighted by atomic mass is 16.2. The van der Waals surface area contributed by atoms with Gasteiger partial charge in [-0.15, -0.1) is 0 Å². The lowest BCUT2D eigenvalue weighted by Crippen LogP contribution is -2.21. The average Bonchev–Trinajstić information content (AvgIpc) is 2.78. The van der Waals surface area contributed by atoms with Crippen molar-refractivity contribution in [3.05, 3.63) is 107 Å². The Labute approximate surface area is 175 Å². The van der Waals surface area contributed by atoms with Crippen LogP contribution in [0.4, 0.5) is 5.69 Å². The maximum Gasteiger partial charge on any atom is 0.251 e. The second-order valence-electron chi connectivity index (χ2n) is 7.04. The van der Waals surface area contributed by atoms with Crippen molar-refractivity contribution in [1.29, 1.82) is 0 Å². The van der Waals surface area contributed by atoms with Gasteiger partial charge in [-0.3, -0.25) is 14.6 Å². The van der Waals surface area contributed by atoms with Crippen molar-refractivity contribution in [2.75, 3.05) is 5.32 Å². The molecule has 4 rings (SSSR count). The van der Waals surface area contributed by atoms with Crippen molar-refractivity contribution in [1.82, 2.24) is 10.3 Å². The maximum atomic E-state index is 12.3. The molecule has 0 saturated carbocycles. The molecule has 0 spiro atoms. The number of para-hydroxylation sites is 1. The Morgan fingerprint density at radius 2 is 1.83 bits per heavy atom. The number of fused-ring (bicyclic) bond motifs is 1. The second-order valence-corrected chi connectivity index (χ2v) is 7.04. The lowest BCUT2D eigenvalue weighted by atomic mass is 9.96. The first kappa shape index (κ1) is 19.3. The molecule has 0 radical (unpaired) electrons. The largest absolute Gasteiger partial charge is 0.348 e. The van der Waals surface area contributed by atoms with Gasteiger partial charge in [-0.2, -0.15) is 0 Å². The van der Waals surface area contributed by atoms with E-state index in [1.54, 1.807) is 18.5 Å². The van der Waals surface area contributed by atoms with E-state index in [2.05, 4.69) is 15.6 Å². The summed E-state index contributed by atoms with van der Waals surface area (Å²) in [5, 5.41) is 5.76. The van der Waals surface area contributed by atoms with Crippen molar-refractivity contribution in [3.8, 4) is 0 Å². The van der Waals surface area contributed by atoms with E-state index in [0.29, 0.717) is 13.0 Å². The standard InChI is InChI=1S/C25H21N3O2/c29-24(27-17-20-4-3-13-26-16-20)12-11-18-7-9-19(10-8-18)14-22-15-21-5-1-2-6-23(21)28-25(22)30/h1-14,16H,15,17H2,(H,27,29)(H,28,30)/b12-11+,22-14?. The van der Waals surface area contributed by atoms with E-state index in [1.165, 1.54) is 6.08 Å². The summed E-state index contributed by atoms with van der Waals surface area (Å²) in [4.78, 5) is 28.3. The van der Waals surface area contributed by atoms with Crippen molar-refractivity contribution in [2.24, 2.45) is 0 Å². The summed E-state index contributed by atoms with van der Waals surface area (Å²) in [5.41, 5.74) is 5.52.